The highest BCUT2D eigenvalue weighted by Crippen LogP contribution is 2.28. The standard InChI is InChI=1S/C13H12ClN3O2/c1-7-3-2-4-9(14)12(7)17-11-5-8(13(18)19)10(15)6-16-11/h2-6H,15H2,1H3,(H,16,17)(H,18,19). The van der Waals surface area contributed by atoms with E-state index in [2.05, 4.69) is 10.3 Å². The molecule has 0 aliphatic rings. The maximum absolute atomic E-state index is 11.0. The molecule has 0 aliphatic heterocycles. The second-order valence-corrected chi connectivity index (χ2v) is 4.43. The summed E-state index contributed by atoms with van der Waals surface area (Å²) in [6.45, 7) is 1.89. The number of halogens is 1. The van der Waals surface area contributed by atoms with Crippen LogP contribution in [0, 0.1) is 6.92 Å². The lowest BCUT2D eigenvalue weighted by Crippen LogP contribution is -2.05. The van der Waals surface area contributed by atoms with Crippen LogP contribution in [0.15, 0.2) is 30.5 Å². The number of hydrogen-bond donors (Lipinski definition) is 3. The third-order valence-corrected chi connectivity index (χ3v) is 2.96. The number of aromatic carboxylic acids is 1. The number of rotatable bonds is 3. The van der Waals surface area contributed by atoms with Gasteiger partial charge in [0.25, 0.3) is 0 Å². The third-order valence-electron chi connectivity index (χ3n) is 2.64. The number of anilines is 3. The van der Waals surface area contributed by atoms with Crippen molar-refractivity contribution in [1.29, 1.82) is 0 Å². The average Bonchev–Trinajstić information content (AvgIpc) is 2.35. The molecule has 1 aromatic heterocycles. The van der Waals surface area contributed by atoms with Gasteiger partial charge in [-0.05, 0) is 24.6 Å². The van der Waals surface area contributed by atoms with Gasteiger partial charge in [-0.25, -0.2) is 9.78 Å². The van der Waals surface area contributed by atoms with Crippen LogP contribution in [0.1, 0.15) is 15.9 Å². The van der Waals surface area contributed by atoms with Crippen molar-refractivity contribution in [2.24, 2.45) is 0 Å². The van der Waals surface area contributed by atoms with Crippen LogP contribution in [0.2, 0.25) is 5.02 Å². The van der Waals surface area contributed by atoms with Gasteiger partial charge in [-0.15, -0.1) is 0 Å². The molecule has 2 aromatic rings. The van der Waals surface area contributed by atoms with Crippen LogP contribution in [0.5, 0.6) is 0 Å². The monoisotopic (exact) mass is 277 g/mol. The van der Waals surface area contributed by atoms with Gasteiger partial charge >= 0.3 is 5.97 Å². The quantitative estimate of drug-likeness (QED) is 0.802. The first-order valence-electron chi connectivity index (χ1n) is 5.50. The van der Waals surface area contributed by atoms with Crippen molar-refractivity contribution < 1.29 is 9.90 Å². The molecule has 19 heavy (non-hydrogen) atoms. The molecule has 6 heteroatoms. The van der Waals surface area contributed by atoms with Gasteiger partial charge in [0, 0.05) is 0 Å². The fraction of sp³-hybridized carbons (Fsp3) is 0.0769. The summed E-state index contributed by atoms with van der Waals surface area (Å²) >= 11 is 6.08. The van der Waals surface area contributed by atoms with Crippen molar-refractivity contribution in [2.75, 3.05) is 11.1 Å². The molecule has 0 aliphatic carbocycles. The molecule has 0 fully saturated rings. The fourth-order valence-electron chi connectivity index (χ4n) is 1.64. The van der Waals surface area contributed by atoms with Gasteiger partial charge in [0.15, 0.2) is 0 Å². The van der Waals surface area contributed by atoms with Crippen LogP contribution in [0.3, 0.4) is 0 Å². The summed E-state index contributed by atoms with van der Waals surface area (Å²) in [5.74, 6) is -0.721. The lowest BCUT2D eigenvalue weighted by molar-refractivity contribution is 0.0698. The van der Waals surface area contributed by atoms with Crippen molar-refractivity contribution >= 4 is 34.8 Å². The summed E-state index contributed by atoms with van der Waals surface area (Å²) in [6.07, 6.45) is 1.30. The number of pyridine rings is 1. The first-order valence-corrected chi connectivity index (χ1v) is 5.88. The van der Waals surface area contributed by atoms with E-state index in [4.69, 9.17) is 22.4 Å². The van der Waals surface area contributed by atoms with E-state index in [1.807, 2.05) is 19.1 Å². The predicted molar refractivity (Wildman–Crippen MR) is 75.1 cm³/mol. The molecule has 4 N–H and O–H groups in total. The highest BCUT2D eigenvalue weighted by Gasteiger charge is 2.11. The summed E-state index contributed by atoms with van der Waals surface area (Å²) in [4.78, 5) is 15.0. The van der Waals surface area contributed by atoms with E-state index in [-0.39, 0.29) is 11.3 Å². The molecule has 0 saturated carbocycles. The SMILES string of the molecule is Cc1cccc(Cl)c1Nc1cc(C(=O)O)c(N)cn1. The number of aryl methyl sites for hydroxylation is 1. The number of hydrogen-bond acceptors (Lipinski definition) is 4. The van der Waals surface area contributed by atoms with E-state index < -0.39 is 5.97 Å². The van der Waals surface area contributed by atoms with E-state index >= 15 is 0 Å². The Balaban J connectivity index is 2.39. The molecule has 0 radical (unpaired) electrons. The summed E-state index contributed by atoms with van der Waals surface area (Å²) in [5, 5.41) is 12.5. The zero-order valence-corrected chi connectivity index (χ0v) is 10.9. The number of carbonyl (C=O) groups is 1. The topological polar surface area (TPSA) is 88.2 Å². The Bertz CT molecular complexity index is 624. The number of nitrogens with two attached hydrogens (primary N) is 1. The smallest absolute Gasteiger partial charge is 0.337 e. The van der Waals surface area contributed by atoms with Gasteiger partial charge in [0.1, 0.15) is 5.82 Å². The predicted octanol–water partition coefficient (Wildman–Crippen LogP) is 3.07. The fourth-order valence-corrected chi connectivity index (χ4v) is 1.91. The highest BCUT2D eigenvalue weighted by molar-refractivity contribution is 6.33. The van der Waals surface area contributed by atoms with Crippen molar-refractivity contribution in [3.63, 3.8) is 0 Å². The molecule has 0 bridgehead atoms. The molecule has 98 valence electrons. The average molecular weight is 278 g/mol. The van der Waals surface area contributed by atoms with Crippen LogP contribution in [-0.2, 0) is 0 Å². The molecule has 1 heterocycles. The Morgan fingerprint density at radius 3 is 2.84 bits per heavy atom. The highest BCUT2D eigenvalue weighted by atomic mass is 35.5. The van der Waals surface area contributed by atoms with Gasteiger partial charge in [-0.3, -0.25) is 0 Å². The number of nitrogens with one attached hydrogen (secondary N) is 1. The Hall–Kier alpha value is -2.27. The number of benzene rings is 1. The molecule has 0 spiro atoms. The number of carboxylic acid groups (broad SMARTS) is 1. The second kappa shape index (κ2) is 5.16. The van der Waals surface area contributed by atoms with E-state index in [9.17, 15) is 4.79 Å². The number of para-hydroxylation sites is 1. The Morgan fingerprint density at radius 2 is 2.21 bits per heavy atom. The van der Waals surface area contributed by atoms with Crippen LogP contribution in [0.4, 0.5) is 17.2 Å². The van der Waals surface area contributed by atoms with Crippen molar-refractivity contribution in [1.82, 2.24) is 4.98 Å². The molecule has 5 nitrogen and oxygen atoms in total. The Kier molecular flexibility index (Phi) is 3.57. The van der Waals surface area contributed by atoms with Gasteiger partial charge in [0.05, 0.1) is 28.2 Å². The maximum atomic E-state index is 11.0. The Labute approximate surface area is 115 Å². The molecule has 2 rings (SSSR count). The summed E-state index contributed by atoms with van der Waals surface area (Å²) in [6, 6.07) is 6.85. The number of aromatic nitrogens is 1. The van der Waals surface area contributed by atoms with E-state index in [0.717, 1.165) is 5.56 Å². The van der Waals surface area contributed by atoms with Gasteiger partial charge < -0.3 is 16.2 Å². The number of carboxylic acids is 1. The van der Waals surface area contributed by atoms with E-state index in [0.29, 0.717) is 16.5 Å². The molecule has 0 unspecified atom stereocenters. The van der Waals surface area contributed by atoms with Gasteiger partial charge in [-0.2, -0.15) is 0 Å². The normalized spacial score (nSPS) is 10.2. The maximum Gasteiger partial charge on any atom is 0.337 e. The summed E-state index contributed by atoms with van der Waals surface area (Å²) < 4.78 is 0. The zero-order chi connectivity index (χ0) is 14.0. The second-order valence-electron chi connectivity index (χ2n) is 4.02. The Morgan fingerprint density at radius 1 is 1.47 bits per heavy atom. The minimum absolute atomic E-state index is 0.00204. The van der Waals surface area contributed by atoms with Gasteiger partial charge in [0.2, 0.25) is 0 Å². The van der Waals surface area contributed by atoms with Crippen LogP contribution in [0.25, 0.3) is 0 Å². The van der Waals surface area contributed by atoms with Crippen molar-refractivity contribution in [3.05, 3.63) is 46.6 Å². The first kappa shape index (κ1) is 13.2. The number of nitrogen functional groups attached to an aromatic ring is 1. The van der Waals surface area contributed by atoms with Crippen LogP contribution < -0.4 is 11.1 Å². The first-order chi connectivity index (χ1) is 8.99. The zero-order valence-electron chi connectivity index (χ0n) is 10.1. The molecular weight excluding hydrogens is 266 g/mol. The lowest BCUT2D eigenvalue weighted by Gasteiger charge is -2.11. The molecule has 0 amide bonds. The molecule has 0 atom stereocenters. The number of nitrogens with zero attached hydrogens (tertiary/aromatic N) is 1. The van der Waals surface area contributed by atoms with Gasteiger partial charge in [-0.1, -0.05) is 23.7 Å². The summed E-state index contributed by atoms with van der Waals surface area (Å²) in [7, 11) is 0. The van der Waals surface area contributed by atoms with E-state index in [1.54, 1.807) is 6.07 Å². The van der Waals surface area contributed by atoms with Crippen molar-refractivity contribution in [3.8, 4) is 0 Å². The molecular formula is C13H12ClN3O2. The van der Waals surface area contributed by atoms with Crippen molar-refractivity contribution in [2.45, 2.75) is 6.92 Å². The van der Waals surface area contributed by atoms with Crippen LogP contribution in [-0.4, -0.2) is 16.1 Å². The third kappa shape index (κ3) is 2.77. The minimum Gasteiger partial charge on any atom is -0.478 e. The minimum atomic E-state index is -1.10. The molecule has 0 saturated heterocycles. The van der Waals surface area contributed by atoms with E-state index in [1.165, 1.54) is 12.3 Å². The lowest BCUT2D eigenvalue weighted by atomic mass is 10.2. The molecule has 1 aromatic carbocycles. The largest absolute Gasteiger partial charge is 0.478 e. The van der Waals surface area contributed by atoms with Crippen LogP contribution >= 0.6 is 11.6 Å². The summed E-state index contributed by atoms with van der Waals surface area (Å²) in [5.41, 5.74) is 7.29.